The number of hydrogen-bond acceptors (Lipinski definition) is 3. The highest BCUT2D eigenvalue weighted by Crippen LogP contribution is 2.28. The average Bonchev–Trinajstić information content (AvgIpc) is 2.43. The van der Waals surface area contributed by atoms with Crippen LogP contribution in [0.5, 0.6) is 0 Å². The zero-order valence-electron chi connectivity index (χ0n) is 13.5. The number of hydrogen-bond donors (Lipinski definition) is 1. The molecule has 1 fully saturated rings. The summed E-state index contributed by atoms with van der Waals surface area (Å²) in [6.07, 6.45) is 7.98. The van der Waals surface area contributed by atoms with Crippen molar-refractivity contribution in [3.63, 3.8) is 0 Å². The van der Waals surface area contributed by atoms with Crippen molar-refractivity contribution >= 4 is 0 Å². The monoisotopic (exact) mass is 270 g/mol. The van der Waals surface area contributed by atoms with Crippen LogP contribution >= 0.6 is 0 Å². The van der Waals surface area contributed by atoms with E-state index in [0.717, 1.165) is 26.1 Å². The van der Waals surface area contributed by atoms with Gasteiger partial charge in [-0.25, -0.2) is 0 Å². The van der Waals surface area contributed by atoms with Gasteiger partial charge in [0.2, 0.25) is 0 Å². The molecule has 3 unspecified atom stereocenters. The largest absolute Gasteiger partial charge is 0.376 e. The molecule has 0 aromatic carbocycles. The summed E-state index contributed by atoms with van der Waals surface area (Å²) in [5, 5.41) is 0. The molecule has 3 atom stereocenters. The summed E-state index contributed by atoms with van der Waals surface area (Å²) in [5.41, 5.74) is 6.28. The van der Waals surface area contributed by atoms with E-state index in [1.165, 1.54) is 32.1 Å². The lowest BCUT2D eigenvalue weighted by Gasteiger charge is -2.49. The van der Waals surface area contributed by atoms with Gasteiger partial charge in [0, 0.05) is 24.7 Å². The van der Waals surface area contributed by atoms with Gasteiger partial charge in [-0.2, -0.15) is 0 Å². The van der Waals surface area contributed by atoms with E-state index in [0.29, 0.717) is 12.1 Å². The van der Waals surface area contributed by atoms with Crippen LogP contribution in [-0.4, -0.2) is 42.3 Å². The van der Waals surface area contributed by atoms with Crippen molar-refractivity contribution in [3.8, 4) is 0 Å². The first-order valence-electron chi connectivity index (χ1n) is 8.15. The van der Waals surface area contributed by atoms with Gasteiger partial charge in [0.1, 0.15) is 0 Å². The summed E-state index contributed by atoms with van der Waals surface area (Å²) in [5.74, 6) is 0. The van der Waals surface area contributed by atoms with Gasteiger partial charge in [0.05, 0.1) is 12.7 Å². The van der Waals surface area contributed by atoms with Gasteiger partial charge in [-0.3, -0.25) is 4.90 Å². The van der Waals surface area contributed by atoms with E-state index in [1.807, 2.05) is 0 Å². The number of morpholine rings is 1. The Kier molecular flexibility index (Phi) is 7.33. The quantitative estimate of drug-likeness (QED) is 0.689. The maximum absolute atomic E-state index is 6.13. The number of rotatable bonds is 8. The summed E-state index contributed by atoms with van der Waals surface area (Å²) in [4.78, 5) is 2.63. The minimum atomic E-state index is 0.145. The highest BCUT2D eigenvalue weighted by molar-refractivity contribution is 4.93. The van der Waals surface area contributed by atoms with Crippen molar-refractivity contribution in [1.82, 2.24) is 4.90 Å². The summed E-state index contributed by atoms with van der Waals surface area (Å²) in [7, 11) is 0. The third-order valence-electron chi connectivity index (χ3n) is 4.64. The second-order valence-electron chi connectivity index (χ2n) is 6.37. The number of nitrogens with zero attached hydrogens (tertiary/aromatic N) is 1. The van der Waals surface area contributed by atoms with Crippen LogP contribution < -0.4 is 5.73 Å². The third-order valence-corrected chi connectivity index (χ3v) is 4.64. The normalized spacial score (nSPS) is 28.3. The van der Waals surface area contributed by atoms with Gasteiger partial charge >= 0.3 is 0 Å². The molecule has 1 aliphatic rings. The lowest BCUT2D eigenvalue weighted by Crippen LogP contribution is -2.61. The molecule has 0 bridgehead atoms. The van der Waals surface area contributed by atoms with E-state index in [9.17, 15) is 0 Å². The van der Waals surface area contributed by atoms with Crippen molar-refractivity contribution in [1.29, 1.82) is 0 Å². The Hall–Kier alpha value is -0.120. The fourth-order valence-corrected chi connectivity index (χ4v) is 3.14. The van der Waals surface area contributed by atoms with Gasteiger partial charge in [0.25, 0.3) is 0 Å². The Morgan fingerprint density at radius 1 is 1.26 bits per heavy atom. The molecule has 1 heterocycles. The standard InChI is InChI=1S/C16H34N2O/c1-5-7-8-9-10-16(4,13-17)18-11-14(3)19-12-15(18)6-2/h14-15H,5-13,17H2,1-4H3. The Morgan fingerprint density at radius 3 is 2.58 bits per heavy atom. The summed E-state index contributed by atoms with van der Waals surface area (Å²) >= 11 is 0. The molecule has 3 nitrogen and oxygen atoms in total. The third kappa shape index (κ3) is 4.73. The SMILES string of the molecule is CCCCCCC(C)(CN)N1CC(C)OCC1CC. The molecular weight excluding hydrogens is 236 g/mol. The van der Waals surface area contributed by atoms with Gasteiger partial charge in [-0.15, -0.1) is 0 Å². The minimum Gasteiger partial charge on any atom is -0.376 e. The van der Waals surface area contributed by atoms with Gasteiger partial charge in [0.15, 0.2) is 0 Å². The number of nitrogens with two attached hydrogens (primary N) is 1. The van der Waals surface area contributed by atoms with Crippen LogP contribution in [0.1, 0.15) is 66.2 Å². The van der Waals surface area contributed by atoms with Crippen molar-refractivity contribution in [2.75, 3.05) is 19.7 Å². The predicted octanol–water partition coefficient (Wildman–Crippen LogP) is 3.17. The second kappa shape index (κ2) is 8.23. The maximum atomic E-state index is 6.13. The van der Waals surface area contributed by atoms with E-state index in [2.05, 4.69) is 32.6 Å². The van der Waals surface area contributed by atoms with Gasteiger partial charge in [-0.1, -0.05) is 39.5 Å². The van der Waals surface area contributed by atoms with E-state index in [1.54, 1.807) is 0 Å². The first kappa shape index (κ1) is 16.9. The highest BCUT2D eigenvalue weighted by Gasteiger charge is 2.37. The van der Waals surface area contributed by atoms with Crippen LogP contribution in [0.15, 0.2) is 0 Å². The molecule has 0 aromatic heterocycles. The van der Waals surface area contributed by atoms with Crippen LogP contribution in [-0.2, 0) is 4.74 Å². The molecular formula is C16H34N2O. The second-order valence-corrected chi connectivity index (χ2v) is 6.37. The van der Waals surface area contributed by atoms with Crippen LogP contribution in [0.25, 0.3) is 0 Å². The molecule has 0 radical (unpaired) electrons. The van der Waals surface area contributed by atoms with Crippen LogP contribution in [0.2, 0.25) is 0 Å². The smallest absolute Gasteiger partial charge is 0.0675 e. The summed E-state index contributed by atoms with van der Waals surface area (Å²) in [6.45, 7) is 11.7. The van der Waals surface area contributed by atoms with E-state index >= 15 is 0 Å². The molecule has 114 valence electrons. The number of unbranched alkanes of at least 4 members (excludes halogenated alkanes) is 3. The van der Waals surface area contributed by atoms with Gasteiger partial charge in [-0.05, 0) is 26.7 Å². The average molecular weight is 270 g/mol. The maximum Gasteiger partial charge on any atom is 0.0675 e. The molecule has 0 aromatic rings. The van der Waals surface area contributed by atoms with E-state index in [4.69, 9.17) is 10.5 Å². The molecule has 0 amide bonds. The first-order chi connectivity index (χ1) is 9.07. The Balaban J connectivity index is 2.62. The number of ether oxygens (including phenoxy) is 1. The lowest BCUT2D eigenvalue weighted by atomic mass is 9.89. The van der Waals surface area contributed by atoms with Crippen molar-refractivity contribution in [2.45, 2.75) is 83.9 Å². The van der Waals surface area contributed by atoms with E-state index < -0.39 is 0 Å². The molecule has 0 saturated carbocycles. The lowest BCUT2D eigenvalue weighted by molar-refractivity contribution is -0.0968. The summed E-state index contributed by atoms with van der Waals surface area (Å²) in [6, 6.07) is 0.538. The fourth-order valence-electron chi connectivity index (χ4n) is 3.14. The van der Waals surface area contributed by atoms with Crippen molar-refractivity contribution in [2.24, 2.45) is 5.73 Å². The molecule has 2 N–H and O–H groups in total. The van der Waals surface area contributed by atoms with Crippen LogP contribution in [0.4, 0.5) is 0 Å². The molecule has 1 aliphatic heterocycles. The zero-order valence-corrected chi connectivity index (χ0v) is 13.5. The Bertz CT molecular complexity index is 247. The molecule has 1 saturated heterocycles. The fraction of sp³-hybridized carbons (Fsp3) is 1.00. The molecule has 0 spiro atoms. The molecule has 19 heavy (non-hydrogen) atoms. The van der Waals surface area contributed by atoms with Crippen LogP contribution in [0, 0.1) is 0 Å². The summed E-state index contributed by atoms with van der Waals surface area (Å²) < 4.78 is 5.81. The van der Waals surface area contributed by atoms with E-state index in [-0.39, 0.29) is 5.54 Å². The highest BCUT2D eigenvalue weighted by atomic mass is 16.5. The van der Waals surface area contributed by atoms with Crippen molar-refractivity contribution < 1.29 is 4.74 Å². The Morgan fingerprint density at radius 2 is 2.00 bits per heavy atom. The van der Waals surface area contributed by atoms with Gasteiger partial charge < -0.3 is 10.5 Å². The topological polar surface area (TPSA) is 38.5 Å². The molecule has 0 aliphatic carbocycles. The predicted molar refractivity (Wildman–Crippen MR) is 82.4 cm³/mol. The zero-order chi connectivity index (χ0) is 14.3. The first-order valence-corrected chi connectivity index (χ1v) is 8.15. The minimum absolute atomic E-state index is 0.145. The molecule has 3 heteroatoms. The van der Waals surface area contributed by atoms with Crippen LogP contribution in [0.3, 0.4) is 0 Å². The Labute approximate surface area is 119 Å². The van der Waals surface area contributed by atoms with Crippen molar-refractivity contribution in [3.05, 3.63) is 0 Å². The molecule has 1 rings (SSSR count).